The van der Waals surface area contributed by atoms with E-state index < -0.39 is 5.69 Å². The number of ether oxygens (including phenoxy) is 2. The van der Waals surface area contributed by atoms with Crippen LogP contribution in [0.4, 0.5) is 0 Å². The molecule has 8 heteroatoms. The van der Waals surface area contributed by atoms with Crippen molar-refractivity contribution in [1.29, 1.82) is 0 Å². The van der Waals surface area contributed by atoms with Crippen molar-refractivity contribution in [1.82, 2.24) is 9.13 Å². The number of thiophene rings is 1. The lowest BCUT2D eigenvalue weighted by atomic mass is 10.2. The first-order valence-electron chi connectivity index (χ1n) is 10.3. The number of halogens is 1. The molecule has 2 aromatic heterocycles. The second-order valence-electron chi connectivity index (χ2n) is 7.71. The van der Waals surface area contributed by atoms with Gasteiger partial charge in [0.25, 0.3) is 5.56 Å². The molecule has 0 spiro atoms. The van der Waals surface area contributed by atoms with Gasteiger partial charge < -0.3 is 9.47 Å². The van der Waals surface area contributed by atoms with Crippen molar-refractivity contribution in [3.05, 3.63) is 84.3 Å². The van der Waals surface area contributed by atoms with Gasteiger partial charge in [0.2, 0.25) is 0 Å². The number of rotatable bonds is 5. The molecule has 5 rings (SSSR count). The van der Waals surface area contributed by atoms with E-state index in [2.05, 4.69) is 0 Å². The first kappa shape index (κ1) is 20.8. The van der Waals surface area contributed by atoms with Crippen molar-refractivity contribution >= 4 is 33.2 Å². The normalized spacial score (nSPS) is 12.8. The first-order valence-corrected chi connectivity index (χ1v) is 11.5. The van der Waals surface area contributed by atoms with Crippen LogP contribution in [0.2, 0.25) is 5.02 Å². The summed E-state index contributed by atoms with van der Waals surface area (Å²) in [6.45, 7) is 0.314. The SMILES string of the molecule is COc1ccc(-n2c(=O)c3c4c(sc3n(Cc3cccc(Cl)c3)c2=O)CCC4)c(OC)c1. The summed E-state index contributed by atoms with van der Waals surface area (Å²) < 4.78 is 13.7. The first-order chi connectivity index (χ1) is 15.5. The van der Waals surface area contributed by atoms with E-state index in [4.69, 9.17) is 21.1 Å². The van der Waals surface area contributed by atoms with Crippen LogP contribution in [0.5, 0.6) is 11.5 Å². The number of hydrogen-bond acceptors (Lipinski definition) is 5. The maximum Gasteiger partial charge on any atom is 0.337 e. The predicted octanol–water partition coefficient (Wildman–Crippen LogP) is 4.42. The minimum absolute atomic E-state index is 0.310. The highest BCUT2D eigenvalue weighted by Gasteiger charge is 2.26. The van der Waals surface area contributed by atoms with Crippen molar-refractivity contribution in [2.75, 3.05) is 14.2 Å². The number of aromatic nitrogens is 2. The van der Waals surface area contributed by atoms with Crippen molar-refractivity contribution in [3.8, 4) is 17.2 Å². The van der Waals surface area contributed by atoms with E-state index in [-0.39, 0.29) is 5.56 Å². The molecule has 0 fully saturated rings. The van der Waals surface area contributed by atoms with Gasteiger partial charge in [-0.15, -0.1) is 11.3 Å². The summed E-state index contributed by atoms with van der Waals surface area (Å²) in [6.07, 6.45) is 2.81. The van der Waals surface area contributed by atoms with E-state index >= 15 is 0 Å². The number of methoxy groups -OCH3 is 2. The van der Waals surface area contributed by atoms with Gasteiger partial charge in [0.15, 0.2) is 0 Å². The van der Waals surface area contributed by atoms with Gasteiger partial charge in [-0.1, -0.05) is 23.7 Å². The number of nitrogens with zero attached hydrogens (tertiary/aromatic N) is 2. The number of benzene rings is 2. The highest BCUT2D eigenvalue weighted by Crippen LogP contribution is 2.36. The van der Waals surface area contributed by atoms with Gasteiger partial charge in [0, 0.05) is 16.0 Å². The lowest BCUT2D eigenvalue weighted by Crippen LogP contribution is -2.39. The average Bonchev–Trinajstić information content (AvgIpc) is 3.38. The zero-order chi connectivity index (χ0) is 22.4. The lowest BCUT2D eigenvalue weighted by molar-refractivity contribution is 0.392. The molecular formula is C24H21ClN2O4S. The van der Waals surface area contributed by atoms with Crippen molar-refractivity contribution in [3.63, 3.8) is 0 Å². The summed E-state index contributed by atoms with van der Waals surface area (Å²) in [5.74, 6) is 0.972. The van der Waals surface area contributed by atoms with Gasteiger partial charge in [-0.05, 0) is 54.7 Å². The molecule has 0 bridgehead atoms. The molecule has 0 unspecified atom stereocenters. The molecule has 0 aliphatic heterocycles. The van der Waals surface area contributed by atoms with Crippen LogP contribution in [-0.2, 0) is 19.4 Å². The van der Waals surface area contributed by atoms with Crippen molar-refractivity contribution in [2.45, 2.75) is 25.8 Å². The summed E-state index contributed by atoms with van der Waals surface area (Å²) in [5, 5.41) is 1.23. The molecule has 2 aromatic carbocycles. The summed E-state index contributed by atoms with van der Waals surface area (Å²) in [5.41, 5.74) is 1.63. The predicted molar refractivity (Wildman–Crippen MR) is 127 cm³/mol. The number of hydrogen-bond donors (Lipinski definition) is 0. The van der Waals surface area contributed by atoms with Crippen LogP contribution in [0.1, 0.15) is 22.4 Å². The zero-order valence-corrected chi connectivity index (χ0v) is 19.3. The minimum atomic E-state index is -0.411. The molecule has 0 saturated carbocycles. The van der Waals surface area contributed by atoms with Crippen LogP contribution in [0.25, 0.3) is 15.9 Å². The molecule has 0 atom stereocenters. The molecule has 0 saturated heterocycles. The fourth-order valence-corrected chi connectivity index (χ4v) is 5.93. The van der Waals surface area contributed by atoms with E-state index in [1.165, 1.54) is 16.6 Å². The average molecular weight is 469 g/mol. The Balaban J connectivity index is 1.83. The minimum Gasteiger partial charge on any atom is -0.497 e. The van der Waals surface area contributed by atoms with Gasteiger partial charge in [0.1, 0.15) is 16.3 Å². The Morgan fingerprint density at radius 1 is 1.06 bits per heavy atom. The third-order valence-electron chi connectivity index (χ3n) is 5.84. The Hall–Kier alpha value is -3.03. The lowest BCUT2D eigenvalue weighted by Gasteiger charge is -2.15. The summed E-state index contributed by atoms with van der Waals surface area (Å²) in [6, 6.07) is 12.5. The van der Waals surface area contributed by atoms with Gasteiger partial charge in [-0.2, -0.15) is 0 Å². The van der Waals surface area contributed by atoms with Crippen LogP contribution < -0.4 is 20.7 Å². The second-order valence-corrected chi connectivity index (χ2v) is 9.23. The van der Waals surface area contributed by atoms with E-state index in [0.29, 0.717) is 39.0 Å². The van der Waals surface area contributed by atoms with Crippen molar-refractivity contribution in [2.24, 2.45) is 0 Å². The molecule has 1 aliphatic rings. The third kappa shape index (κ3) is 3.32. The van der Waals surface area contributed by atoms with Crippen LogP contribution in [0, 0.1) is 0 Å². The topological polar surface area (TPSA) is 62.5 Å². The Morgan fingerprint density at radius 3 is 2.66 bits per heavy atom. The van der Waals surface area contributed by atoms with Crippen molar-refractivity contribution < 1.29 is 9.47 Å². The quantitative estimate of drug-likeness (QED) is 0.435. The Kier molecular flexibility index (Phi) is 5.31. The third-order valence-corrected chi connectivity index (χ3v) is 7.39. The van der Waals surface area contributed by atoms with E-state index in [1.54, 1.807) is 47.3 Å². The molecule has 164 valence electrons. The number of aryl methyl sites for hydroxylation is 2. The Bertz CT molecular complexity index is 1470. The molecule has 1 aliphatic carbocycles. The largest absolute Gasteiger partial charge is 0.497 e. The Labute approximate surface area is 193 Å². The van der Waals surface area contributed by atoms with E-state index in [1.807, 2.05) is 18.2 Å². The molecule has 0 N–H and O–H groups in total. The fraction of sp³-hybridized carbons (Fsp3) is 0.250. The molecule has 32 heavy (non-hydrogen) atoms. The van der Waals surface area contributed by atoms with Gasteiger partial charge in [0.05, 0.1) is 31.8 Å². The van der Waals surface area contributed by atoms with E-state index in [9.17, 15) is 9.59 Å². The zero-order valence-electron chi connectivity index (χ0n) is 17.7. The molecule has 0 amide bonds. The van der Waals surface area contributed by atoms with E-state index in [0.717, 1.165) is 30.4 Å². The maximum absolute atomic E-state index is 13.8. The van der Waals surface area contributed by atoms with Gasteiger partial charge in [-0.25, -0.2) is 9.36 Å². The highest BCUT2D eigenvalue weighted by atomic mass is 35.5. The van der Waals surface area contributed by atoms with Gasteiger partial charge >= 0.3 is 5.69 Å². The standard InChI is InChI=1S/C24H21ClN2O4S/c1-30-16-9-10-18(19(12-16)31-2)27-22(28)21-17-7-4-8-20(17)32-23(21)26(24(27)29)13-14-5-3-6-15(25)11-14/h3,5-6,9-12H,4,7-8,13H2,1-2H3. The van der Waals surface area contributed by atoms with Gasteiger partial charge in [-0.3, -0.25) is 9.36 Å². The smallest absolute Gasteiger partial charge is 0.337 e. The monoisotopic (exact) mass is 468 g/mol. The number of fused-ring (bicyclic) bond motifs is 3. The van der Waals surface area contributed by atoms with Crippen LogP contribution in [0.15, 0.2) is 52.1 Å². The summed E-state index contributed by atoms with van der Waals surface area (Å²) in [7, 11) is 3.06. The molecular weight excluding hydrogens is 448 g/mol. The van der Waals surface area contributed by atoms with Crippen LogP contribution >= 0.6 is 22.9 Å². The molecule has 0 radical (unpaired) electrons. The molecule has 4 aromatic rings. The summed E-state index contributed by atoms with van der Waals surface area (Å²) in [4.78, 5) is 29.4. The molecule has 6 nitrogen and oxygen atoms in total. The summed E-state index contributed by atoms with van der Waals surface area (Å²) >= 11 is 7.73. The van der Waals surface area contributed by atoms with Crippen LogP contribution in [-0.4, -0.2) is 23.4 Å². The van der Waals surface area contributed by atoms with Crippen LogP contribution in [0.3, 0.4) is 0 Å². The second kappa shape index (κ2) is 8.15. The molecule has 2 heterocycles. The maximum atomic E-state index is 13.8. The fourth-order valence-electron chi connectivity index (χ4n) is 4.35. The Morgan fingerprint density at radius 2 is 1.91 bits per heavy atom. The highest BCUT2D eigenvalue weighted by molar-refractivity contribution is 7.18.